The fourth-order valence-corrected chi connectivity index (χ4v) is 7.02. The maximum absolute atomic E-state index is 13.7. The first-order chi connectivity index (χ1) is 24.6. The molecule has 9 nitrogen and oxygen atoms in total. The Bertz CT molecular complexity index is 2250. The smallest absolute Gasteiger partial charge is 0.256 e. The zero-order chi connectivity index (χ0) is 37.8. The molecule has 2 unspecified atom stereocenters. The minimum Gasteiger partial charge on any atom is -0.507 e. The zero-order valence-electron chi connectivity index (χ0n) is 29.2. The average molecular weight is 720 g/mol. The lowest BCUT2D eigenvalue weighted by Crippen LogP contribution is -2.27. The van der Waals surface area contributed by atoms with Crippen molar-refractivity contribution in [3.63, 3.8) is 0 Å². The molecule has 6 aromatic carbocycles. The molecule has 0 aliphatic rings. The predicted octanol–water partition coefficient (Wildman–Crippen LogP) is 9.34. The molecule has 7 N–H and O–H groups in total. The normalized spacial score (nSPS) is 12.6. The summed E-state index contributed by atoms with van der Waals surface area (Å²) in [5.41, 5.74) is 3.50. The highest BCUT2D eigenvalue weighted by Crippen LogP contribution is 2.51. The number of halogens is 1. The Morgan fingerprint density at radius 1 is 0.615 bits per heavy atom. The summed E-state index contributed by atoms with van der Waals surface area (Å²) < 4.78 is 0. The van der Waals surface area contributed by atoms with Crippen molar-refractivity contribution >= 4 is 44.8 Å². The molecule has 52 heavy (non-hydrogen) atoms. The van der Waals surface area contributed by atoms with E-state index < -0.39 is 46.5 Å². The number of carbonyl (C=O) groups excluding carboxylic acids is 2. The Morgan fingerprint density at radius 3 is 1.60 bits per heavy atom. The van der Waals surface area contributed by atoms with Gasteiger partial charge in [0, 0.05) is 44.1 Å². The maximum atomic E-state index is 13.7. The van der Waals surface area contributed by atoms with Gasteiger partial charge in [-0.3, -0.25) is 9.59 Å². The van der Waals surface area contributed by atoms with Gasteiger partial charge in [-0.15, -0.1) is 0 Å². The number of aryl methyl sites for hydroxylation is 3. The van der Waals surface area contributed by atoms with Crippen molar-refractivity contribution in [2.45, 2.75) is 53.0 Å². The minimum absolute atomic E-state index is 0.0199. The number of fused-ring (bicyclic) bond motifs is 2. The number of benzene rings is 6. The van der Waals surface area contributed by atoms with E-state index in [0.29, 0.717) is 16.1 Å². The molecule has 0 heterocycles. The Balaban J connectivity index is 1.46. The molecule has 0 fully saturated rings. The lowest BCUT2D eigenvalue weighted by atomic mass is 9.86. The van der Waals surface area contributed by atoms with Gasteiger partial charge in [-0.05, 0) is 92.3 Å². The van der Waals surface area contributed by atoms with Crippen molar-refractivity contribution in [2.75, 3.05) is 0 Å². The fraction of sp³-hybridized carbons (Fsp3) is 0.190. The molecule has 0 spiro atoms. The highest BCUT2D eigenvalue weighted by atomic mass is 35.5. The SMILES string of the molecule is Cc1ccc(C(C)CC(=O)c2c(O)c(O)cc3c(O)c(-c4c(C)cc5c(C(=O)NC(C)c6ccc(Cl)cc6)c(O)c(O)cc5c4O)c(C)cc23)cc1. The molecule has 0 bridgehead atoms. The molecule has 6 aromatic rings. The van der Waals surface area contributed by atoms with E-state index >= 15 is 0 Å². The second-order valence-corrected chi connectivity index (χ2v) is 13.9. The van der Waals surface area contributed by atoms with E-state index in [0.717, 1.165) is 28.8 Å². The fourth-order valence-electron chi connectivity index (χ4n) is 6.90. The van der Waals surface area contributed by atoms with Gasteiger partial charge >= 0.3 is 0 Å². The topological polar surface area (TPSA) is 168 Å². The molecule has 0 aromatic heterocycles. The second-order valence-electron chi connectivity index (χ2n) is 13.4. The zero-order valence-corrected chi connectivity index (χ0v) is 29.9. The van der Waals surface area contributed by atoms with E-state index in [2.05, 4.69) is 5.32 Å². The molecule has 6 rings (SSSR count). The maximum Gasteiger partial charge on any atom is 0.256 e. The summed E-state index contributed by atoms with van der Waals surface area (Å²) in [5.74, 6) is -4.65. The van der Waals surface area contributed by atoms with Crippen LogP contribution < -0.4 is 5.32 Å². The van der Waals surface area contributed by atoms with Crippen LogP contribution in [0.15, 0.2) is 72.8 Å². The van der Waals surface area contributed by atoms with Crippen molar-refractivity contribution in [3.05, 3.63) is 117 Å². The Labute approximate surface area is 305 Å². The van der Waals surface area contributed by atoms with Crippen LogP contribution in [0.25, 0.3) is 32.7 Å². The van der Waals surface area contributed by atoms with Gasteiger partial charge in [0.15, 0.2) is 28.8 Å². The highest BCUT2D eigenvalue weighted by molar-refractivity contribution is 6.30. The Hall–Kier alpha value is -5.93. The number of amides is 1. The van der Waals surface area contributed by atoms with E-state index in [1.807, 2.05) is 38.1 Å². The standard InChI is InChI=1S/C42H38ClNO8/c1-19-6-8-24(9-7-19)20(2)16-31(45)36-27-14-21(3)34(38(48)29(27)17-32(46)40(36)50)35-22(4)15-28-30(39(35)49)18-33(47)41(51)37(28)42(52)44-23(5)25-10-12-26(43)13-11-25/h6-15,17-18,20,23,46-51H,16H2,1-5H3,(H,44,52). The molecule has 2 atom stereocenters. The second kappa shape index (κ2) is 13.7. The van der Waals surface area contributed by atoms with Crippen LogP contribution in [-0.4, -0.2) is 42.3 Å². The minimum atomic E-state index is -0.707. The van der Waals surface area contributed by atoms with Crippen LogP contribution in [0, 0.1) is 20.8 Å². The monoisotopic (exact) mass is 719 g/mol. The van der Waals surface area contributed by atoms with E-state index in [1.54, 1.807) is 57.2 Å². The first-order valence-electron chi connectivity index (χ1n) is 16.7. The first-order valence-corrected chi connectivity index (χ1v) is 17.1. The number of phenolic OH excluding ortho intramolecular Hbond substituents is 6. The van der Waals surface area contributed by atoms with E-state index in [9.17, 15) is 40.2 Å². The summed E-state index contributed by atoms with van der Waals surface area (Å²) in [4.78, 5) is 27.4. The summed E-state index contributed by atoms with van der Waals surface area (Å²) in [7, 11) is 0. The van der Waals surface area contributed by atoms with E-state index in [4.69, 9.17) is 11.6 Å². The number of phenols is 6. The van der Waals surface area contributed by atoms with Gasteiger partial charge in [0.2, 0.25) is 0 Å². The van der Waals surface area contributed by atoms with Crippen molar-refractivity contribution in [3.8, 4) is 45.6 Å². The molecule has 0 saturated carbocycles. The first kappa shape index (κ1) is 35.9. The van der Waals surface area contributed by atoms with Crippen LogP contribution in [0.2, 0.25) is 5.02 Å². The number of Topliss-reactive ketones (excluding diaryl/α,β-unsaturated/α-hetero) is 1. The van der Waals surface area contributed by atoms with Gasteiger partial charge < -0.3 is 36.0 Å². The summed E-state index contributed by atoms with van der Waals surface area (Å²) in [6, 6.07) is 19.6. The molecule has 0 aliphatic heterocycles. The Kier molecular flexibility index (Phi) is 9.42. The molecule has 0 radical (unpaired) electrons. The number of carbonyl (C=O) groups is 2. The van der Waals surface area contributed by atoms with Crippen molar-refractivity contribution in [1.82, 2.24) is 5.32 Å². The number of hydrogen-bond donors (Lipinski definition) is 7. The van der Waals surface area contributed by atoms with Crippen molar-refractivity contribution in [2.24, 2.45) is 0 Å². The van der Waals surface area contributed by atoms with Gasteiger partial charge in [0.25, 0.3) is 5.91 Å². The molecule has 266 valence electrons. The number of nitrogens with one attached hydrogen (secondary N) is 1. The van der Waals surface area contributed by atoms with E-state index in [1.165, 1.54) is 0 Å². The molecular weight excluding hydrogens is 682 g/mol. The molecule has 10 heteroatoms. The Morgan fingerprint density at radius 2 is 1.08 bits per heavy atom. The summed E-state index contributed by atoms with van der Waals surface area (Å²) >= 11 is 6.01. The third-order valence-corrected chi connectivity index (χ3v) is 10.00. The summed E-state index contributed by atoms with van der Waals surface area (Å²) in [5, 5.41) is 70.7. The van der Waals surface area contributed by atoms with Crippen LogP contribution >= 0.6 is 11.6 Å². The average Bonchev–Trinajstić information content (AvgIpc) is 3.08. The van der Waals surface area contributed by atoms with Gasteiger partial charge in [0.1, 0.15) is 11.5 Å². The quantitative estimate of drug-likeness (QED) is 0.0603. The van der Waals surface area contributed by atoms with Crippen LogP contribution in [-0.2, 0) is 0 Å². The third kappa shape index (κ3) is 6.28. The molecule has 1 amide bonds. The van der Waals surface area contributed by atoms with Crippen LogP contribution in [0.3, 0.4) is 0 Å². The lowest BCUT2D eigenvalue weighted by molar-refractivity contribution is 0.0936. The summed E-state index contributed by atoms with van der Waals surface area (Å²) in [6.07, 6.45) is 0.0199. The number of rotatable bonds is 8. The van der Waals surface area contributed by atoms with Crippen molar-refractivity contribution < 1.29 is 40.2 Å². The van der Waals surface area contributed by atoms with Gasteiger partial charge in [-0.25, -0.2) is 0 Å². The van der Waals surface area contributed by atoms with Gasteiger partial charge in [-0.2, -0.15) is 0 Å². The molecule has 0 aliphatic carbocycles. The van der Waals surface area contributed by atoms with E-state index in [-0.39, 0.29) is 61.9 Å². The van der Waals surface area contributed by atoms with Gasteiger partial charge in [0.05, 0.1) is 17.2 Å². The molecular formula is C42H38ClNO8. The molecule has 0 saturated heterocycles. The third-order valence-electron chi connectivity index (χ3n) is 9.75. The predicted molar refractivity (Wildman–Crippen MR) is 202 cm³/mol. The summed E-state index contributed by atoms with van der Waals surface area (Å²) in [6.45, 7) is 8.92. The van der Waals surface area contributed by atoms with Gasteiger partial charge in [-0.1, -0.05) is 60.5 Å². The van der Waals surface area contributed by atoms with Crippen LogP contribution in [0.5, 0.6) is 34.5 Å². The van der Waals surface area contributed by atoms with Crippen LogP contribution in [0.1, 0.15) is 80.8 Å². The number of hydrogen-bond acceptors (Lipinski definition) is 8. The van der Waals surface area contributed by atoms with Crippen molar-refractivity contribution in [1.29, 1.82) is 0 Å². The van der Waals surface area contributed by atoms with Crippen LogP contribution in [0.4, 0.5) is 0 Å². The highest BCUT2D eigenvalue weighted by Gasteiger charge is 2.29. The number of ketones is 1. The number of aromatic hydroxyl groups is 6. The largest absolute Gasteiger partial charge is 0.507 e. The lowest BCUT2D eigenvalue weighted by Gasteiger charge is -2.21.